The van der Waals surface area contributed by atoms with Crippen molar-refractivity contribution in [2.24, 2.45) is 0 Å². The van der Waals surface area contributed by atoms with Gasteiger partial charge in [0.15, 0.2) is 11.6 Å². The highest BCUT2D eigenvalue weighted by molar-refractivity contribution is 6.58. The summed E-state index contributed by atoms with van der Waals surface area (Å²) in [5.41, 5.74) is 2.42. The Morgan fingerprint density at radius 3 is 1.40 bits per heavy atom. The van der Waals surface area contributed by atoms with E-state index in [0.29, 0.717) is 37.5 Å². The molecule has 0 atom stereocenters. The third-order valence-corrected chi connectivity index (χ3v) is 7.53. The summed E-state index contributed by atoms with van der Waals surface area (Å²) >= 11 is 0. The van der Waals surface area contributed by atoms with Crippen molar-refractivity contribution in [2.75, 3.05) is 62.2 Å². The van der Waals surface area contributed by atoms with Crippen molar-refractivity contribution in [3.63, 3.8) is 0 Å². The van der Waals surface area contributed by atoms with Crippen LogP contribution in [0.4, 0.5) is 25.4 Å². The second-order valence-electron chi connectivity index (χ2n) is 13.6. The molecule has 0 saturated carbocycles. The maximum atomic E-state index is 12.9. The van der Waals surface area contributed by atoms with Crippen LogP contribution in [0.5, 0.6) is 0 Å². The van der Waals surface area contributed by atoms with Crippen molar-refractivity contribution in [2.45, 2.75) is 52.7 Å². The highest BCUT2D eigenvalue weighted by Gasteiger charge is 2.27. The molecule has 2 saturated heterocycles. The van der Waals surface area contributed by atoms with E-state index in [1.54, 1.807) is 21.9 Å². The summed E-state index contributed by atoms with van der Waals surface area (Å²) in [5, 5.41) is 18.2. The van der Waals surface area contributed by atoms with E-state index in [1.165, 1.54) is 0 Å². The second-order valence-corrected chi connectivity index (χ2v) is 13.6. The van der Waals surface area contributed by atoms with Crippen molar-refractivity contribution in [3.8, 4) is 11.4 Å². The monoisotopic (exact) mass is 664 g/mol. The summed E-state index contributed by atoms with van der Waals surface area (Å²) in [7, 11) is -1.45. The van der Waals surface area contributed by atoms with Gasteiger partial charge < -0.3 is 39.1 Å². The van der Waals surface area contributed by atoms with Crippen LogP contribution in [0.1, 0.15) is 41.5 Å². The molecule has 0 spiro atoms. The molecule has 258 valence electrons. The van der Waals surface area contributed by atoms with Crippen LogP contribution in [-0.2, 0) is 9.47 Å². The van der Waals surface area contributed by atoms with Crippen molar-refractivity contribution < 1.29 is 33.5 Å². The molecule has 2 N–H and O–H groups in total. The minimum Gasteiger partial charge on any atom is -0.444 e. The van der Waals surface area contributed by atoms with Crippen molar-refractivity contribution >= 4 is 36.1 Å². The molecule has 0 aliphatic carbocycles. The van der Waals surface area contributed by atoms with Gasteiger partial charge in [0.1, 0.15) is 11.2 Å². The Morgan fingerprint density at radius 1 is 0.667 bits per heavy atom. The minimum atomic E-state index is -1.45. The topological polar surface area (TPSA) is 132 Å². The number of carbonyl (C=O) groups excluding carboxylic acids is 2. The summed E-state index contributed by atoms with van der Waals surface area (Å²) in [6.07, 6.45) is 1.78. The molecule has 2 fully saturated rings. The van der Waals surface area contributed by atoms with Crippen molar-refractivity contribution in [1.82, 2.24) is 19.8 Å². The molecule has 2 aliphatic heterocycles. The van der Waals surface area contributed by atoms with Gasteiger partial charge in [0.2, 0.25) is 0 Å². The molecular formula is C34H46BFN6O6. The highest BCUT2D eigenvalue weighted by atomic mass is 19.1. The molecule has 2 aliphatic rings. The number of halogens is 1. The maximum Gasteiger partial charge on any atom is 0.488 e. The number of ether oxygens (including phenoxy) is 2. The molecule has 14 heteroatoms. The lowest BCUT2D eigenvalue weighted by Crippen LogP contribution is -2.50. The third-order valence-electron chi connectivity index (χ3n) is 7.53. The SMILES string of the molecule is CC(C)(C)OC(=O)N1CCN(c2ccc(-c3ncc(F)cn3)cc2)CC1.CC(C)(C)OC(=O)N1CCN(c2ccc(B(O)O)cc2)CC1. The molecule has 2 aromatic carbocycles. The molecular weight excluding hydrogens is 618 g/mol. The molecule has 48 heavy (non-hydrogen) atoms. The fourth-order valence-electron chi connectivity index (χ4n) is 5.09. The minimum absolute atomic E-state index is 0.263. The summed E-state index contributed by atoms with van der Waals surface area (Å²) in [6, 6.07) is 14.9. The third kappa shape index (κ3) is 10.8. The number of aromatic nitrogens is 2. The molecule has 5 rings (SSSR count). The van der Waals surface area contributed by atoms with E-state index in [-0.39, 0.29) is 12.2 Å². The number of rotatable bonds is 4. The van der Waals surface area contributed by atoms with Crippen LogP contribution < -0.4 is 15.3 Å². The summed E-state index contributed by atoms with van der Waals surface area (Å²) < 4.78 is 23.7. The zero-order valence-electron chi connectivity index (χ0n) is 28.6. The Kier molecular flexibility index (Phi) is 11.9. The zero-order valence-corrected chi connectivity index (χ0v) is 28.6. The Balaban J connectivity index is 0.000000220. The smallest absolute Gasteiger partial charge is 0.444 e. The van der Waals surface area contributed by atoms with Crippen LogP contribution >= 0.6 is 0 Å². The van der Waals surface area contributed by atoms with Crippen LogP contribution in [0.15, 0.2) is 60.9 Å². The van der Waals surface area contributed by atoms with Gasteiger partial charge >= 0.3 is 19.3 Å². The van der Waals surface area contributed by atoms with Crippen molar-refractivity contribution in [3.05, 3.63) is 66.7 Å². The number of carbonyl (C=O) groups is 2. The second kappa shape index (κ2) is 15.6. The predicted molar refractivity (Wildman–Crippen MR) is 184 cm³/mol. The first kappa shape index (κ1) is 36.4. The normalized spacial score (nSPS) is 15.4. The molecule has 0 unspecified atom stereocenters. The number of amides is 2. The van der Waals surface area contributed by atoms with Crippen LogP contribution in [0, 0.1) is 5.82 Å². The summed E-state index contributed by atoms with van der Waals surface area (Å²) in [6.45, 7) is 16.6. The molecule has 3 heterocycles. The summed E-state index contributed by atoms with van der Waals surface area (Å²) in [5.74, 6) is 0.0425. The van der Waals surface area contributed by atoms with Gasteiger partial charge in [-0.15, -0.1) is 0 Å². The van der Waals surface area contributed by atoms with E-state index in [1.807, 2.05) is 77.9 Å². The molecule has 0 bridgehead atoms. The van der Waals surface area contributed by atoms with E-state index < -0.39 is 24.1 Å². The molecule has 3 aromatic rings. The van der Waals surface area contributed by atoms with E-state index in [4.69, 9.17) is 19.5 Å². The van der Waals surface area contributed by atoms with E-state index in [2.05, 4.69) is 19.8 Å². The Morgan fingerprint density at radius 2 is 1.04 bits per heavy atom. The predicted octanol–water partition coefficient (Wildman–Crippen LogP) is 3.76. The van der Waals surface area contributed by atoms with Gasteiger partial charge in [-0.3, -0.25) is 0 Å². The average Bonchev–Trinajstić information content (AvgIpc) is 3.04. The standard InChI is InChI=1S/C19H23FN4O2.C15H23BN2O4/c1-19(2,3)26-18(25)24-10-8-23(9-11-24)16-6-4-14(5-7-16)17-21-12-15(20)13-22-17;1-15(2,3)22-14(19)18-10-8-17(9-11-18)13-6-4-12(5-7-13)16(20)21/h4-7,12-13H,8-11H2,1-3H3;4-7,20-21H,8-11H2,1-3H3. The molecule has 12 nitrogen and oxygen atoms in total. The fourth-order valence-corrected chi connectivity index (χ4v) is 5.09. The van der Waals surface area contributed by atoms with Gasteiger partial charge in [-0.2, -0.15) is 0 Å². The Hall–Kier alpha value is -4.43. The zero-order chi connectivity index (χ0) is 35.1. The van der Waals surface area contributed by atoms with Crippen LogP contribution in [0.25, 0.3) is 11.4 Å². The molecule has 1 aromatic heterocycles. The molecule has 2 amide bonds. The van der Waals surface area contributed by atoms with Crippen LogP contribution in [0.3, 0.4) is 0 Å². The van der Waals surface area contributed by atoms with Gasteiger partial charge in [0.05, 0.1) is 12.4 Å². The highest BCUT2D eigenvalue weighted by Crippen LogP contribution is 2.22. The van der Waals surface area contributed by atoms with E-state index >= 15 is 0 Å². The Bertz CT molecular complexity index is 1480. The first-order valence-electron chi connectivity index (χ1n) is 16.1. The van der Waals surface area contributed by atoms with Gasteiger partial charge in [0.25, 0.3) is 0 Å². The first-order chi connectivity index (χ1) is 22.6. The lowest BCUT2D eigenvalue weighted by atomic mass is 9.80. The maximum absolute atomic E-state index is 12.9. The number of anilines is 2. The quantitative estimate of drug-likeness (QED) is 0.398. The Labute approximate surface area is 282 Å². The van der Waals surface area contributed by atoms with Crippen LogP contribution in [0.2, 0.25) is 0 Å². The largest absolute Gasteiger partial charge is 0.488 e. The number of hydrogen-bond acceptors (Lipinski definition) is 10. The van der Waals surface area contributed by atoms with Gasteiger partial charge in [-0.1, -0.05) is 12.1 Å². The van der Waals surface area contributed by atoms with Gasteiger partial charge in [-0.05, 0) is 83.4 Å². The summed E-state index contributed by atoms with van der Waals surface area (Å²) in [4.78, 5) is 39.9. The van der Waals surface area contributed by atoms with Crippen molar-refractivity contribution in [1.29, 1.82) is 0 Å². The number of hydrogen-bond donors (Lipinski definition) is 2. The lowest BCUT2D eigenvalue weighted by Gasteiger charge is -2.36. The fraction of sp³-hybridized carbons (Fsp3) is 0.471. The number of piperazine rings is 2. The lowest BCUT2D eigenvalue weighted by molar-refractivity contribution is 0.0230. The number of benzene rings is 2. The number of nitrogens with zero attached hydrogens (tertiary/aromatic N) is 6. The van der Waals surface area contributed by atoms with E-state index in [9.17, 15) is 14.0 Å². The van der Waals surface area contributed by atoms with Gasteiger partial charge in [-0.25, -0.2) is 23.9 Å². The average molecular weight is 665 g/mol. The van der Waals surface area contributed by atoms with Gasteiger partial charge in [0, 0.05) is 69.3 Å². The first-order valence-corrected chi connectivity index (χ1v) is 16.1. The van der Waals surface area contributed by atoms with E-state index in [0.717, 1.165) is 55.5 Å². The van der Waals surface area contributed by atoms with Crippen LogP contribution in [-0.4, -0.2) is 113 Å². The molecule has 0 radical (unpaired) electrons.